The number of guanidine groups is 1. The molecule has 1 aromatic carbocycles. The molecule has 0 unspecified atom stereocenters. The lowest BCUT2D eigenvalue weighted by atomic mass is 10.2. The summed E-state index contributed by atoms with van der Waals surface area (Å²) in [5, 5.41) is 3.22. The number of hydrogen-bond donors (Lipinski definition) is 1. The first kappa shape index (κ1) is 19.7. The zero-order valence-corrected chi connectivity index (χ0v) is 15.2. The Morgan fingerprint density at radius 3 is 2.57 bits per heavy atom. The van der Waals surface area contributed by atoms with Crippen LogP contribution in [0.25, 0.3) is 0 Å². The van der Waals surface area contributed by atoms with E-state index >= 15 is 0 Å². The largest absolute Gasteiger partial charge is 0.469 e. The van der Waals surface area contributed by atoms with Gasteiger partial charge in [0.05, 0.1) is 20.1 Å². The molecule has 0 saturated carbocycles. The fraction of sp³-hybridized carbons (Fsp3) is 0.467. The molecule has 1 aromatic rings. The van der Waals surface area contributed by atoms with E-state index in [1.807, 2.05) is 37.1 Å². The lowest BCUT2D eigenvalue weighted by molar-refractivity contribution is -0.140. The van der Waals surface area contributed by atoms with Gasteiger partial charge in [-0.3, -0.25) is 9.79 Å². The highest BCUT2D eigenvalue weighted by atomic mass is 127. The standard InChI is InChI=1S/C15H23N3O2.HI/c1-4-16-15(17-11-10-14(19)20-3)18(2)12-13-8-6-5-7-9-13;/h5-9H,4,10-12H2,1-3H3,(H,16,17);1H. The zero-order valence-electron chi connectivity index (χ0n) is 12.8. The summed E-state index contributed by atoms with van der Waals surface area (Å²) >= 11 is 0. The van der Waals surface area contributed by atoms with Gasteiger partial charge < -0.3 is 15.0 Å². The van der Waals surface area contributed by atoms with Gasteiger partial charge in [-0.25, -0.2) is 0 Å². The molecule has 0 fully saturated rings. The van der Waals surface area contributed by atoms with Crippen LogP contribution in [0, 0.1) is 0 Å². The molecule has 0 bridgehead atoms. The minimum absolute atomic E-state index is 0. The quantitative estimate of drug-likeness (QED) is 0.342. The number of ether oxygens (including phenoxy) is 1. The highest BCUT2D eigenvalue weighted by molar-refractivity contribution is 14.0. The fourth-order valence-electron chi connectivity index (χ4n) is 1.76. The van der Waals surface area contributed by atoms with Crippen molar-refractivity contribution in [2.24, 2.45) is 4.99 Å². The third-order valence-corrected chi connectivity index (χ3v) is 2.76. The van der Waals surface area contributed by atoms with Crippen LogP contribution in [0.5, 0.6) is 0 Å². The number of carbonyl (C=O) groups is 1. The van der Waals surface area contributed by atoms with Crippen LogP contribution in [0.3, 0.4) is 0 Å². The summed E-state index contributed by atoms with van der Waals surface area (Å²) in [4.78, 5) is 17.6. The Kier molecular flexibility index (Phi) is 10.7. The highest BCUT2D eigenvalue weighted by Crippen LogP contribution is 2.03. The number of rotatable bonds is 6. The number of carbonyl (C=O) groups excluding carboxylic acids is 1. The molecule has 0 aromatic heterocycles. The third kappa shape index (κ3) is 7.89. The Labute approximate surface area is 143 Å². The zero-order chi connectivity index (χ0) is 14.8. The summed E-state index contributed by atoms with van der Waals surface area (Å²) in [5.41, 5.74) is 1.22. The predicted octanol–water partition coefficient (Wildman–Crippen LogP) is 2.27. The maximum absolute atomic E-state index is 11.1. The van der Waals surface area contributed by atoms with Crippen LogP contribution in [0.1, 0.15) is 18.9 Å². The summed E-state index contributed by atoms with van der Waals surface area (Å²) in [5.74, 6) is 0.551. The predicted molar refractivity (Wildman–Crippen MR) is 95.9 cm³/mol. The molecular weight excluding hydrogens is 381 g/mol. The van der Waals surface area contributed by atoms with Gasteiger partial charge >= 0.3 is 5.97 Å². The van der Waals surface area contributed by atoms with Crippen molar-refractivity contribution in [2.45, 2.75) is 19.9 Å². The van der Waals surface area contributed by atoms with Crippen LogP contribution in [0.2, 0.25) is 0 Å². The highest BCUT2D eigenvalue weighted by Gasteiger charge is 2.06. The molecule has 1 N–H and O–H groups in total. The van der Waals surface area contributed by atoms with Gasteiger partial charge in [0.15, 0.2) is 5.96 Å². The molecule has 0 radical (unpaired) electrons. The number of nitrogens with one attached hydrogen (secondary N) is 1. The SMILES string of the molecule is CCNC(=NCCC(=O)OC)N(C)Cc1ccccc1.I. The second kappa shape index (κ2) is 11.4. The molecule has 0 atom stereocenters. The van der Waals surface area contributed by atoms with Crippen molar-refractivity contribution >= 4 is 35.9 Å². The van der Waals surface area contributed by atoms with Crippen molar-refractivity contribution in [3.8, 4) is 0 Å². The lowest BCUT2D eigenvalue weighted by Gasteiger charge is -2.22. The number of halogens is 1. The topological polar surface area (TPSA) is 53.9 Å². The van der Waals surface area contributed by atoms with Gasteiger partial charge in [-0.2, -0.15) is 0 Å². The van der Waals surface area contributed by atoms with Crippen molar-refractivity contribution in [1.82, 2.24) is 10.2 Å². The summed E-state index contributed by atoms with van der Waals surface area (Å²) in [7, 11) is 3.37. The minimum Gasteiger partial charge on any atom is -0.469 e. The second-order valence-corrected chi connectivity index (χ2v) is 4.40. The molecule has 1 rings (SSSR count). The molecule has 0 heterocycles. The Morgan fingerprint density at radius 1 is 1.33 bits per heavy atom. The van der Waals surface area contributed by atoms with Gasteiger partial charge in [0.1, 0.15) is 0 Å². The van der Waals surface area contributed by atoms with Gasteiger partial charge in [-0.1, -0.05) is 30.3 Å². The molecule has 0 aliphatic rings. The Bertz CT molecular complexity index is 438. The molecule has 0 aliphatic heterocycles. The number of nitrogens with zero attached hydrogens (tertiary/aromatic N) is 2. The van der Waals surface area contributed by atoms with Crippen molar-refractivity contribution in [2.75, 3.05) is 27.2 Å². The first-order chi connectivity index (χ1) is 9.67. The number of esters is 1. The molecule has 0 saturated heterocycles. The lowest BCUT2D eigenvalue weighted by Crippen LogP contribution is -2.38. The number of methoxy groups -OCH3 is 1. The van der Waals surface area contributed by atoms with E-state index in [0.29, 0.717) is 13.0 Å². The average molecular weight is 405 g/mol. The van der Waals surface area contributed by atoms with Gasteiger partial charge in [0.25, 0.3) is 0 Å². The van der Waals surface area contributed by atoms with Crippen molar-refractivity contribution in [3.05, 3.63) is 35.9 Å². The molecule has 21 heavy (non-hydrogen) atoms. The van der Waals surface area contributed by atoms with Crippen LogP contribution in [0.4, 0.5) is 0 Å². The first-order valence-electron chi connectivity index (χ1n) is 6.77. The molecule has 5 nitrogen and oxygen atoms in total. The van der Waals surface area contributed by atoms with E-state index in [9.17, 15) is 4.79 Å². The minimum atomic E-state index is -0.240. The molecule has 0 aliphatic carbocycles. The van der Waals surface area contributed by atoms with E-state index in [4.69, 9.17) is 0 Å². The third-order valence-electron chi connectivity index (χ3n) is 2.76. The molecule has 118 valence electrons. The fourth-order valence-corrected chi connectivity index (χ4v) is 1.76. The van der Waals surface area contributed by atoms with Gasteiger partial charge in [0.2, 0.25) is 0 Å². The van der Waals surface area contributed by atoms with Gasteiger partial charge in [-0.05, 0) is 12.5 Å². The van der Waals surface area contributed by atoms with Crippen LogP contribution >= 0.6 is 24.0 Å². The Morgan fingerprint density at radius 2 is 2.00 bits per heavy atom. The van der Waals surface area contributed by atoms with E-state index < -0.39 is 0 Å². The summed E-state index contributed by atoms with van der Waals surface area (Å²) in [6.07, 6.45) is 0.296. The second-order valence-electron chi connectivity index (χ2n) is 4.40. The molecule has 6 heteroatoms. The molecule has 0 spiro atoms. The Balaban J connectivity index is 0.00000400. The van der Waals surface area contributed by atoms with Crippen LogP contribution in [-0.2, 0) is 16.1 Å². The maximum Gasteiger partial charge on any atom is 0.307 e. The van der Waals surface area contributed by atoms with E-state index in [0.717, 1.165) is 19.0 Å². The first-order valence-corrected chi connectivity index (χ1v) is 6.77. The van der Waals surface area contributed by atoms with Crippen LogP contribution in [-0.4, -0.2) is 44.1 Å². The average Bonchev–Trinajstić information content (AvgIpc) is 2.47. The molecule has 0 amide bonds. The van der Waals surface area contributed by atoms with Crippen molar-refractivity contribution in [1.29, 1.82) is 0 Å². The smallest absolute Gasteiger partial charge is 0.307 e. The van der Waals surface area contributed by atoms with E-state index in [2.05, 4.69) is 27.2 Å². The summed E-state index contributed by atoms with van der Waals surface area (Å²) < 4.78 is 4.61. The van der Waals surface area contributed by atoms with Crippen LogP contribution in [0.15, 0.2) is 35.3 Å². The van der Waals surface area contributed by atoms with Gasteiger partial charge in [-0.15, -0.1) is 24.0 Å². The molecular formula is C15H24IN3O2. The summed E-state index contributed by atoms with van der Waals surface area (Å²) in [6.45, 7) is 4.00. The van der Waals surface area contributed by atoms with E-state index in [1.165, 1.54) is 12.7 Å². The number of benzene rings is 1. The monoisotopic (exact) mass is 405 g/mol. The maximum atomic E-state index is 11.1. The normalized spacial score (nSPS) is 10.5. The summed E-state index contributed by atoms with van der Waals surface area (Å²) in [6, 6.07) is 10.2. The van der Waals surface area contributed by atoms with Gasteiger partial charge in [0, 0.05) is 20.1 Å². The van der Waals surface area contributed by atoms with Crippen molar-refractivity contribution < 1.29 is 9.53 Å². The number of hydrogen-bond acceptors (Lipinski definition) is 3. The van der Waals surface area contributed by atoms with E-state index in [1.54, 1.807) is 0 Å². The Hall–Kier alpha value is -1.31. The van der Waals surface area contributed by atoms with Crippen molar-refractivity contribution in [3.63, 3.8) is 0 Å². The van der Waals surface area contributed by atoms with Crippen LogP contribution < -0.4 is 5.32 Å². The van der Waals surface area contributed by atoms with E-state index in [-0.39, 0.29) is 29.9 Å². The number of aliphatic imine (C=N–C) groups is 1.